The number of benzene rings is 1. The van der Waals surface area contributed by atoms with Gasteiger partial charge in [-0.2, -0.15) is 0 Å². The summed E-state index contributed by atoms with van der Waals surface area (Å²) < 4.78 is 5.40. The molecule has 134 valence electrons. The van der Waals surface area contributed by atoms with Crippen LogP contribution in [0.3, 0.4) is 0 Å². The number of carbonyl (C=O) groups is 2. The number of amides is 2. The van der Waals surface area contributed by atoms with Crippen LogP contribution in [0.15, 0.2) is 24.3 Å². The van der Waals surface area contributed by atoms with Gasteiger partial charge in [0.2, 0.25) is 5.91 Å². The van der Waals surface area contributed by atoms with Gasteiger partial charge in [0.1, 0.15) is 5.75 Å². The van der Waals surface area contributed by atoms with Crippen LogP contribution in [-0.2, 0) is 9.59 Å². The number of hydrogen-bond donors (Lipinski definition) is 2. The molecule has 0 saturated carbocycles. The lowest BCUT2D eigenvalue weighted by atomic mass is 10.0. The van der Waals surface area contributed by atoms with Crippen LogP contribution >= 0.6 is 0 Å². The zero-order valence-electron chi connectivity index (χ0n) is 15.1. The van der Waals surface area contributed by atoms with E-state index >= 15 is 0 Å². The third kappa shape index (κ3) is 8.56. The monoisotopic (exact) mass is 334 g/mol. The number of carbonyl (C=O) groups excluding carboxylic acids is 2. The molecule has 0 atom stereocenters. The molecule has 2 amide bonds. The van der Waals surface area contributed by atoms with E-state index < -0.39 is 0 Å². The Balaban J connectivity index is 2.16. The van der Waals surface area contributed by atoms with E-state index in [1.807, 2.05) is 24.3 Å². The zero-order chi connectivity index (χ0) is 17.8. The van der Waals surface area contributed by atoms with Crippen LogP contribution in [0.2, 0.25) is 0 Å². The van der Waals surface area contributed by atoms with Gasteiger partial charge in [0.15, 0.2) is 6.61 Å². The van der Waals surface area contributed by atoms with E-state index in [1.54, 1.807) is 0 Å². The quantitative estimate of drug-likeness (QED) is 0.506. The van der Waals surface area contributed by atoms with E-state index in [0.717, 1.165) is 19.3 Å². The minimum absolute atomic E-state index is 0.127. The Kier molecular flexibility index (Phi) is 9.58. The number of hydrazine groups is 1. The average molecular weight is 334 g/mol. The molecular weight excluding hydrogens is 304 g/mol. The fraction of sp³-hybridized carbons (Fsp3) is 0.579. The van der Waals surface area contributed by atoms with Crippen LogP contribution in [0, 0.1) is 0 Å². The average Bonchev–Trinajstić information content (AvgIpc) is 2.58. The highest BCUT2D eigenvalue weighted by molar-refractivity contribution is 5.82. The fourth-order valence-electron chi connectivity index (χ4n) is 2.22. The second-order valence-electron chi connectivity index (χ2n) is 6.27. The van der Waals surface area contributed by atoms with E-state index in [4.69, 9.17) is 4.74 Å². The van der Waals surface area contributed by atoms with E-state index in [2.05, 4.69) is 31.6 Å². The normalized spacial score (nSPS) is 10.5. The first-order chi connectivity index (χ1) is 11.5. The molecule has 0 heterocycles. The van der Waals surface area contributed by atoms with Gasteiger partial charge in [-0.05, 0) is 30.0 Å². The Bertz CT molecular complexity index is 498. The molecule has 0 aliphatic heterocycles. The second-order valence-corrected chi connectivity index (χ2v) is 6.27. The molecule has 24 heavy (non-hydrogen) atoms. The smallest absolute Gasteiger partial charge is 0.276 e. The molecule has 0 aliphatic carbocycles. The van der Waals surface area contributed by atoms with Crippen molar-refractivity contribution in [1.29, 1.82) is 0 Å². The summed E-state index contributed by atoms with van der Waals surface area (Å²) in [5, 5.41) is 0. The lowest BCUT2D eigenvalue weighted by Gasteiger charge is -2.10. The lowest BCUT2D eigenvalue weighted by molar-refractivity contribution is -0.130. The minimum Gasteiger partial charge on any atom is -0.484 e. The Morgan fingerprint density at radius 1 is 0.958 bits per heavy atom. The predicted octanol–water partition coefficient (Wildman–Crippen LogP) is 3.70. The van der Waals surface area contributed by atoms with Crippen molar-refractivity contribution in [3.8, 4) is 5.75 Å². The summed E-state index contributed by atoms with van der Waals surface area (Å²) in [6.07, 6.45) is 5.86. The second kappa shape index (κ2) is 11.5. The minimum atomic E-state index is -0.373. The Hall–Kier alpha value is -2.04. The van der Waals surface area contributed by atoms with Crippen LogP contribution in [0.25, 0.3) is 0 Å². The molecule has 0 radical (unpaired) electrons. The highest BCUT2D eigenvalue weighted by Crippen LogP contribution is 2.18. The summed E-state index contributed by atoms with van der Waals surface area (Å²) in [6, 6.07) is 7.66. The van der Waals surface area contributed by atoms with Crippen molar-refractivity contribution in [2.24, 2.45) is 0 Å². The molecule has 0 saturated heterocycles. The van der Waals surface area contributed by atoms with Gasteiger partial charge in [-0.3, -0.25) is 20.4 Å². The van der Waals surface area contributed by atoms with Gasteiger partial charge >= 0.3 is 0 Å². The Morgan fingerprint density at radius 3 is 2.21 bits per heavy atom. The number of nitrogens with one attached hydrogen (secondary N) is 2. The topological polar surface area (TPSA) is 67.4 Å². The summed E-state index contributed by atoms with van der Waals surface area (Å²) >= 11 is 0. The number of unbranched alkanes of at least 4 members (excludes halogenated alkanes) is 4. The first kappa shape index (κ1) is 20.0. The van der Waals surface area contributed by atoms with E-state index in [0.29, 0.717) is 18.1 Å². The van der Waals surface area contributed by atoms with Crippen LogP contribution in [-0.4, -0.2) is 18.4 Å². The first-order valence-corrected chi connectivity index (χ1v) is 8.83. The third-order valence-corrected chi connectivity index (χ3v) is 3.77. The lowest BCUT2D eigenvalue weighted by Crippen LogP contribution is -2.43. The van der Waals surface area contributed by atoms with Gasteiger partial charge in [0.05, 0.1) is 0 Å². The van der Waals surface area contributed by atoms with Gasteiger partial charge in [-0.1, -0.05) is 58.6 Å². The van der Waals surface area contributed by atoms with Crippen molar-refractivity contribution < 1.29 is 14.3 Å². The number of rotatable bonds is 10. The molecule has 2 N–H and O–H groups in total. The van der Waals surface area contributed by atoms with E-state index in [-0.39, 0.29) is 18.4 Å². The molecule has 1 aromatic rings. The highest BCUT2D eigenvalue weighted by atomic mass is 16.5. The van der Waals surface area contributed by atoms with Crippen molar-refractivity contribution >= 4 is 11.8 Å². The summed E-state index contributed by atoms with van der Waals surface area (Å²) in [4.78, 5) is 23.2. The molecule has 5 heteroatoms. The van der Waals surface area contributed by atoms with Crippen LogP contribution in [0.4, 0.5) is 0 Å². The van der Waals surface area contributed by atoms with Crippen molar-refractivity contribution in [3.05, 3.63) is 29.8 Å². The molecule has 0 unspecified atom stereocenters. The first-order valence-electron chi connectivity index (χ1n) is 8.83. The molecule has 0 aliphatic rings. The van der Waals surface area contributed by atoms with Crippen molar-refractivity contribution in [2.45, 2.75) is 65.2 Å². The van der Waals surface area contributed by atoms with Crippen LogP contribution in [0.1, 0.15) is 70.8 Å². The Labute approximate surface area is 145 Å². The third-order valence-electron chi connectivity index (χ3n) is 3.77. The van der Waals surface area contributed by atoms with E-state index in [9.17, 15) is 9.59 Å². The SMILES string of the molecule is CCCCCCCC(=O)NNC(=O)COc1ccc(C(C)C)cc1. The molecule has 0 bridgehead atoms. The van der Waals surface area contributed by atoms with Crippen molar-refractivity contribution in [3.63, 3.8) is 0 Å². The van der Waals surface area contributed by atoms with Gasteiger partial charge in [0.25, 0.3) is 5.91 Å². The van der Waals surface area contributed by atoms with Crippen molar-refractivity contribution in [2.75, 3.05) is 6.61 Å². The van der Waals surface area contributed by atoms with Gasteiger partial charge < -0.3 is 4.74 Å². The fourth-order valence-corrected chi connectivity index (χ4v) is 2.22. The summed E-state index contributed by atoms with van der Waals surface area (Å²) in [5.41, 5.74) is 6.01. The van der Waals surface area contributed by atoms with Gasteiger partial charge in [0, 0.05) is 6.42 Å². The number of ether oxygens (including phenoxy) is 1. The largest absolute Gasteiger partial charge is 0.484 e. The molecule has 0 aromatic heterocycles. The summed E-state index contributed by atoms with van der Waals surface area (Å²) in [6.45, 7) is 6.27. The number of hydrogen-bond acceptors (Lipinski definition) is 3. The van der Waals surface area contributed by atoms with Gasteiger partial charge in [-0.25, -0.2) is 0 Å². The molecule has 5 nitrogen and oxygen atoms in total. The molecule has 0 fully saturated rings. The maximum absolute atomic E-state index is 11.7. The molecule has 1 rings (SSSR count). The molecule has 1 aromatic carbocycles. The maximum Gasteiger partial charge on any atom is 0.276 e. The Morgan fingerprint density at radius 2 is 1.58 bits per heavy atom. The van der Waals surface area contributed by atoms with Gasteiger partial charge in [-0.15, -0.1) is 0 Å². The van der Waals surface area contributed by atoms with Crippen LogP contribution in [0.5, 0.6) is 5.75 Å². The van der Waals surface area contributed by atoms with Crippen molar-refractivity contribution in [1.82, 2.24) is 10.9 Å². The standard InChI is InChI=1S/C19H30N2O3/c1-4-5-6-7-8-9-18(22)20-21-19(23)14-24-17-12-10-16(11-13-17)15(2)3/h10-13,15H,4-9,14H2,1-3H3,(H,20,22)(H,21,23). The summed E-state index contributed by atoms with van der Waals surface area (Å²) in [7, 11) is 0. The molecule has 0 spiro atoms. The van der Waals surface area contributed by atoms with Crippen LogP contribution < -0.4 is 15.6 Å². The predicted molar refractivity (Wildman–Crippen MR) is 95.7 cm³/mol. The zero-order valence-corrected chi connectivity index (χ0v) is 15.1. The van der Waals surface area contributed by atoms with E-state index in [1.165, 1.54) is 18.4 Å². The molecular formula is C19H30N2O3. The highest BCUT2D eigenvalue weighted by Gasteiger charge is 2.06. The maximum atomic E-state index is 11.7. The summed E-state index contributed by atoms with van der Waals surface area (Å²) in [5.74, 6) is 0.555.